The molecule has 1 aromatic carbocycles. The Balaban J connectivity index is 1.84. The Bertz CT molecular complexity index is 545. The number of ether oxygens (including phenoxy) is 1. The van der Waals surface area contributed by atoms with Gasteiger partial charge in [-0.15, -0.1) is 0 Å². The Morgan fingerprint density at radius 3 is 2.56 bits per heavy atom. The fourth-order valence-corrected chi connectivity index (χ4v) is 3.02. The van der Waals surface area contributed by atoms with E-state index in [9.17, 15) is 4.79 Å². The van der Waals surface area contributed by atoms with Crippen molar-refractivity contribution in [2.24, 2.45) is 5.41 Å². The predicted molar refractivity (Wildman–Crippen MR) is 103 cm³/mol. The number of rotatable bonds is 7. The molecule has 2 rings (SSSR count). The maximum Gasteiger partial charge on any atom is 0.258 e. The van der Waals surface area contributed by atoms with E-state index in [4.69, 9.17) is 4.74 Å². The molecule has 1 fully saturated rings. The molecule has 1 aliphatic rings. The maximum atomic E-state index is 12.1. The average molecular weight is 347 g/mol. The normalized spacial score (nSPS) is 17.1. The molecule has 0 aliphatic heterocycles. The monoisotopic (exact) mass is 346 g/mol. The van der Waals surface area contributed by atoms with Crippen LogP contribution in [0.3, 0.4) is 0 Å². The Hall–Kier alpha value is -1.55. The minimum Gasteiger partial charge on any atom is -0.483 e. The molecule has 140 valence electrons. The summed E-state index contributed by atoms with van der Waals surface area (Å²) in [5.74, 6) is 0.771. The van der Waals surface area contributed by atoms with Crippen LogP contribution >= 0.6 is 0 Å². The number of para-hydroxylation sites is 1. The van der Waals surface area contributed by atoms with Crippen LogP contribution in [-0.4, -0.2) is 24.6 Å². The van der Waals surface area contributed by atoms with E-state index in [1.807, 2.05) is 18.2 Å². The Kier molecular flexibility index (Phi) is 7.30. The zero-order valence-corrected chi connectivity index (χ0v) is 16.2. The number of hydrogen-bond donors (Lipinski definition) is 2. The van der Waals surface area contributed by atoms with Crippen LogP contribution in [0.25, 0.3) is 0 Å². The first-order valence-electron chi connectivity index (χ1n) is 9.59. The molecule has 1 amide bonds. The first-order chi connectivity index (χ1) is 11.9. The third kappa shape index (κ3) is 6.69. The van der Waals surface area contributed by atoms with Crippen LogP contribution in [-0.2, 0) is 11.3 Å². The van der Waals surface area contributed by atoms with E-state index >= 15 is 0 Å². The standard InChI is InChI=1S/C21H34N2O2/c1-16(21(2,3)4)22-14-17-10-8-9-13-19(17)25-15-20(24)23-18-11-6-5-7-12-18/h8-10,13,16,18,22H,5-7,11-12,14-15H2,1-4H3,(H,23,24)/t16-/m0/s1. The highest BCUT2D eigenvalue weighted by molar-refractivity contribution is 5.77. The number of carbonyl (C=O) groups excluding carboxylic acids is 1. The van der Waals surface area contributed by atoms with Crippen molar-refractivity contribution in [2.75, 3.05) is 6.61 Å². The highest BCUT2D eigenvalue weighted by Crippen LogP contribution is 2.22. The van der Waals surface area contributed by atoms with Crippen molar-refractivity contribution in [3.8, 4) is 5.75 Å². The van der Waals surface area contributed by atoms with E-state index in [2.05, 4.69) is 44.4 Å². The molecule has 1 aliphatic carbocycles. The first kappa shape index (κ1) is 19.8. The summed E-state index contributed by atoms with van der Waals surface area (Å²) in [4.78, 5) is 12.1. The fourth-order valence-electron chi connectivity index (χ4n) is 3.02. The zero-order chi connectivity index (χ0) is 18.3. The lowest BCUT2D eigenvalue weighted by molar-refractivity contribution is -0.124. The smallest absolute Gasteiger partial charge is 0.258 e. The van der Waals surface area contributed by atoms with Crippen molar-refractivity contribution < 1.29 is 9.53 Å². The lowest BCUT2D eigenvalue weighted by Gasteiger charge is -2.28. The Morgan fingerprint density at radius 2 is 1.88 bits per heavy atom. The number of benzene rings is 1. The summed E-state index contributed by atoms with van der Waals surface area (Å²) in [6.07, 6.45) is 5.91. The van der Waals surface area contributed by atoms with Gasteiger partial charge in [0.25, 0.3) is 5.91 Å². The molecule has 0 heterocycles. The topological polar surface area (TPSA) is 50.4 Å². The minimum atomic E-state index is -0.0160. The second-order valence-electron chi connectivity index (χ2n) is 8.27. The fraction of sp³-hybridized carbons (Fsp3) is 0.667. The van der Waals surface area contributed by atoms with Gasteiger partial charge in [-0.05, 0) is 31.2 Å². The Morgan fingerprint density at radius 1 is 1.20 bits per heavy atom. The van der Waals surface area contributed by atoms with E-state index in [0.29, 0.717) is 12.1 Å². The molecule has 1 aromatic rings. The van der Waals surface area contributed by atoms with E-state index < -0.39 is 0 Å². The molecule has 25 heavy (non-hydrogen) atoms. The van der Waals surface area contributed by atoms with Crippen molar-refractivity contribution in [1.29, 1.82) is 0 Å². The second kappa shape index (κ2) is 9.23. The van der Waals surface area contributed by atoms with E-state index in [1.165, 1.54) is 19.3 Å². The summed E-state index contributed by atoms with van der Waals surface area (Å²) in [6.45, 7) is 9.69. The predicted octanol–water partition coefficient (Wildman–Crippen LogP) is 4.04. The van der Waals surface area contributed by atoms with Gasteiger partial charge in [-0.25, -0.2) is 0 Å². The third-order valence-corrected chi connectivity index (χ3v) is 5.20. The molecule has 0 unspecified atom stereocenters. The molecular weight excluding hydrogens is 312 g/mol. The van der Waals surface area contributed by atoms with E-state index in [1.54, 1.807) is 0 Å². The zero-order valence-electron chi connectivity index (χ0n) is 16.2. The largest absolute Gasteiger partial charge is 0.483 e. The van der Waals surface area contributed by atoms with Gasteiger partial charge >= 0.3 is 0 Å². The molecule has 4 nitrogen and oxygen atoms in total. The molecule has 0 saturated heterocycles. The van der Waals surface area contributed by atoms with Crippen LogP contribution in [0, 0.1) is 5.41 Å². The number of amides is 1. The summed E-state index contributed by atoms with van der Waals surface area (Å²) >= 11 is 0. The molecule has 2 N–H and O–H groups in total. The first-order valence-corrected chi connectivity index (χ1v) is 9.59. The number of carbonyl (C=O) groups is 1. The summed E-state index contributed by atoms with van der Waals surface area (Å²) in [5.41, 5.74) is 1.29. The van der Waals surface area contributed by atoms with Gasteiger partial charge < -0.3 is 15.4 Å². The molecule has 1 atom stereocenters. The van der Waals surface area contributed by atoms with Gasteiger partial charge in [0.05, 0.1) is 0 Å². The lowest BCUT2D eigenvalue weighted by Crippen LogP contribution is -2.39. The van der Waals surface area contributed by atoms with Crippen LogP contribution < -0.4 is 15.4 Å². The van der Waals surface area contributed by atoms with Crippen molar-refractivity contribution in [2.45, 2.75) is 78.4 Å². The van der Waals surface area contributed by atoms with Gasteiger partial charge in [-0.2, -0.15) is 0 Å². The molecule has 4 heteroatoms. The highest BCUT2D eigenvalue weighted by atomic mass is 16.5. The van der Waals surface area contributed by atoms with Gasteiger partial charge in [0.1, 0.15) is 5.75 Å². The molecule has 0 spiro atoms. The molecule has 0 radical (unpaired) electrons. The SMILES string of the molecule is C[C@H](NCc1ccccc1OCC(=O)NC1CCCCC1)C(C)(C)C. The van der Waals surface area contributed by atoms with Gasteiger partial charge in [-0.3, -0.25) is 4.79 Å². The highest BCUT2D eigenvalue weighted by Gasteiger charge is 2.20. The van der Waals surface area contributed by atoms with Gasteiger partial charge in [0.15, 0.2) is 6.61 Å². The maximum absolute atomic E-state index is 12.1. The number of nitrogens with one attached hydrogen (secondary N) is 2. The van der Waals surface area contributed by atoms with Gasteiger partial charge in [0.2, 0.25) is 0 Å². The van der Waals surface area contributed by atoms with E-state index in [0.717, 1.165) is 30.7 Å². The number of hydrogen-bond acceptors (Lipinski definition) is 3. The molecule has 0 bridgehead atoms. The van der Waals surface area contributed by atoms with Crippen LogP contribution in [0.5, 0.6) is 5.75 Å². The van der Waals surface area contributed by atoms with Crippen LogP contribution in [0.15, 0.2) is 24.3 Å². The molecular formula is C21H34N2O2. The minimum absolute atomic E-state index is 0.0160. The van der Waals surface area contributed by atoms with Crippen molar-refractivity contribution in [3.63, 3.8) is 0 Å². The lowest BCUT2D eigenvalue weighted by atomic mass is 9.88. The second-order valence-corrected chi connectivity index (χ2v) is 8.27. The van der Waals surface area contributed by atoms with Crippen molar-refractivity contribution >= 4 is 5.91 Å². The summed E-state index contributed by atoms with van der Waals surface area (Å²) in [7, 11) is 0. The summed E-state index contributed by atoms with van der Waals surface area (Å²) < 4.78 is 5.81. The average Bonchev–Trinajstić information content (AvgIpc) is 2.58. The van der Waals surface area contributed by atoms with Gasteiger partial charge in [-0.1, -0.05) is 58.2 Å². The van der Waals surface area contributed by atoms with Gasteiger partial charge in [0, 0.05) is 24.2 Å². The molecule has 1 saturated carbocycles. The van der Waals surface area contributed by atoms with E-state index in [-0.39, 0.29) is 17.9 Å². The van der Waals surface area contributed by atoms with Crippen LogP contribution in [0.4, 0.5) is 0 Å². The molecule has 0 aromatic heterocycles. The van der Waals surface area contributed by atoms with Crippen molar-refractivity contribution in [1.82, 2.24) is 10.6 Å². The summed E-state index contributed by atoms with van der Waals surface area (Å²) in [5, 5.41) is 6.65. The quantitative estimate of drug-likeness (QED) is 0.783. The Labute approximate surface area is 152 Å². The third-order valence-electron chi connectivity index (χ3n) is 5.20. The summed E-state index contributed by atoms with van der Waals surface area (Å²) in [6, 6.07) is 8.66. The van der Waals surface area contributed by atoms with Crippen LogP contribution in [0.1, 0.15) is 65.4 Å². The van der Waals surface area contributed by atoms with Crippen molar-refractivity contribution in [3.05, 3.63) is 29.8 Å². The van der Waals surface area contributed by atoms with Crippen LogP contribution in [0.2, 0.25) is 0 Å².